The third-order valence-electron chi connectivity index (χ3n) is 2.59. The Balaban J connectivity index is 0.000000980. The monoisotopic (exact) mass is 213 g/mol. The SMILES string of the molecule is Cc1ccc(C2CC(O)CN2)cc1.Cl. The van der Waals surface area contributed by atoms with Crippen molar-refractivity contribution >= 4 is 12.4 Å². The molecule has 2 rings (SSSR count). The Hall–Kier alpha value is -0.570. The van der Waals surface area contributed by atoms with Crippen LogP contribution in [0.15, 0.2) is 24.3 Å². The molecule has 0 spiro atoms. The maximum atomic E-state index is 9.35. The van der Waals surface area contributed by atoms with E-state index in [9.17, 15) is 5.11 Å². The molecular weight excluding hydrogens is 198 g/mol. The van der Waals surface area contributed by atoms with Crippen molar-refractivity contribution in [2.75, 3.05) is 6.54 Å². The van der Waals surface area contributed by atoms with Crippen molar-refractivity contribution in [3.63, 3.8) is 0 Å². The molecule has 1 aliphatic heterocycles. The van der Waals surface area contributed by atoms with Crippen LogP contribution in [0.2, 0.25) is 0 Å². The molecule has 0 radical (unpaired) electrons. The number of aliphatic hydroxyl groups excluding tert-OH is 1. The summed E-state index contributed by atoms with van der Waals surface area (Å²) < 4.78 is 0. The van der Waals surface area contributed by atoms with Gasteiger partial charge in [-0.3, -0.25) is 0 Å². The molecule has 1 aliphatic rings. The lowest BCUT2D eigenvalue weighted by Crippen LogP contribution is -2.14. The number of aliphatic hydroxyl groups is 1. The lowest BCUT2D eigenvalue weighted by molar-refractivity contribution is 0.193. The van der Waals surface area contributed by atoms with Gasteiger partial charge in [0.25, 0.3) is 0 Å². The maximum Gasteiger partial charge on any atom is 0.0682 e. The van der Waals surface area contributed by atoms with Crippen molar-refractivity contribution in [1.29, 1.82) is 0 Å². The molecule has 1 aromatic carbocycles. The molecule has 1 heterocycles. The molecule has 0 bridgehead atoms. The number of aryl methyl sites for hydroxylation is 1. The highest BCUT2D eigenvalue weighted by molar-refractivity contribution is 5.85. The first kappa shape index (κ1) is 11.5. The highest BCUT2D eigenvalue weighted by atomic mass is 35.5. The molecule has 14 heavy (non-hydrogen) atoms. The van der Waals surface area contributed by atoms with Crippen LogP contribution in [0.5, 0.6) is 0 Å². The van der Waals surface area contributed by atoms with E-state index in [1.54, 1.807) is 0 Å². The molecule has 3 heteroatoms. The number of halogens is 1. The molecule has 0 aromatic heterocycles. The molecule has 2 nitrogen and oxygen atoms in total. The Labute approximate surface area is 90.7 Å². The molecule has 1 aromatic rings. The van der Waals surface area contributed by atoms with Crippen molar-refractivity contribution in [1.82, 2.24) is 5.32 Å². The van der Waals surface area contributed by atoms with Gasteiger partial charge in [-0.2, -0.15) is 0 Å². The van der Waals surface area contributed by atoms with E-state index in [1.807, 2.05) is 0 Å². The molecule has 2 unspecified atom stereocenters. The molecule has 1 saturated heterocycles. The quantitative estimate of drug-likeness (QED) is 0.746. The number of hydrogen-bond donors (Lipinski definition) is 2. The van der Waals surface area contributed by atoms with Gasteiger partial charge < -0.3 is 10.4 Å². The van der Waals surface area contributed by atoms with E-state index < -0.39 is 0 Å². The molecule has 2 atom stereocenters. The summed E-state index contributed by atoms with van der Waals surface area (Å²) in [5.74, 6) is 0. The summed E-state index contributed by atoms with van der Waals surface area (Å²) in [5.41, 5.74) is 2.56. The van der Waals surface area contributed by atoms with Gasteiger partial charge in [-0.15, -0.1) is 12.4 Å². The second kappa shape index (κ2) is 4.78. The Morgan fingerprint density at radius 3 is 2.43 bits per heavy atom. The van der Waals surface area contributed by atoms with E-state index in [2.05, 4.69) is 36.5 Å². The van der Waals surface area contributed by atoms with E-state index in [0.29, 0.717) is 6.04 Å². The van der Waals surface area contributed by atoms with Crippen LogP contribution in [-0.4, -0.2) is 17.8 Å². The smallest absolute Gasteiger partial charge is 0.0682 e. The molecule has 0 aliphatic carbocycles. The number of rotatable bonds is 1. The van der Waals surface area contributed by atoms with E-state index in [0.717, 1.165) is 13.0 Å². The maximum absolute atomic E-state index is 9.35. The average molecular weight is 214 g/mol. The molecular formula is C11H16ClNO. The minimum atomic E-state index is -0.175. The van der Waals surface area contributed by atoms with Crippen molar-refractivity contribution in [2.45, 2.75) is 25.5 Å². The van der Waals surface area contributed by atoms with E-state index in [1.165, 1.54) is 11.1 Å². The lowest BCUT2D eigenvalue weighted by Gasteiger charge is -2.09. The van der Waals surface area contributed by atoms with E-state index in [-0.39, 0.29) is 18.5 Å². The third kappa shape index (κ3) is 2.47. The Morgan fingerprint density at radius 2 is 1.93 bits per heavy atom. The summed E-state index contributed by atoms with van der Waals surface area (Å²) >= 11 is 0. The first-order valence-corrected chi connectivity index (χ1v) is 4.74. The molecule has 0 saturated carbocycles. The Kier molecular flexibility index (Phi) is 3.93. The summed E-state index contributed by atoms with van der Waals surface area (Å²) in [4.78, 5) is 0. The summed E-state index contributed by atoms with van der Waals surface area (Å²) in [5, 5.41) is 12.6. The largest absolute Gasteiger partial charge is 0.392 e. The third-order valence-corrected chi connectivity index (χ3v) is 2.59. The fourth-order valence-corrected chi connectivity index (χ4v) is 1.77. The zero-order valence-corrected chi connectivity index (χ0v) is 9.05. The first-order valence-electron chi connectivity index (χ1n) is 4.74. The van der Waals surface area contributed by atoms with Gasteiger partial charge in [0.15, 0.2) is 0 Å². The van der Waals surface area contributed by atoms with Gasteiger partial charge in [-0.25, -0.2) is 0 Å². The fraction of sp³-hybridized carbons (Fsp3) is 0.455. The van der Waals surface area contributed by atoms with Crippen LogP contribution in [0.4, 0.5) is 0 Å². The Morgan fingerprint density at radius 1 is 1.29 bits per heavy atom. The molecule has 78 valence electrons. The summed E-state index contributed by atoms with van der Waals surface area (Å²) in [7, 11) is 0. The van der Waals surface area contributed by atoms with Crippen molar-refractivity contribution in [2.24, 2.45) is 0 Å². The fourth-order valence-electron chi connectivity index (χ4n) is 1.77. The van der Waals surface area contributed by atoms with Gasteiger partial charge in [0, 0.05) is 12.6 Å². The highest BCUT2D eigenvalue weighted by Gasteiger charge is 2.22. The Bertz CT molecular complexity index is 286. The number of hydrogen-bond acceptors (Lipinski definition) is 2. The van der Waals surface area contributed by atoms with Crippen LogP contribution < -0.4 is 5.32 Å². The van der Waals surface area contributed by atoms with Gasteiger partial charge in [-0.1, -0.05) is 29.8 Å². The van der Waals surface area contributed by atoms with Gasteiger partial charge in [0.1, 0.15) is 0 Å². The van der Waals surface area contributed by atoms with Crippen molar-refractivity contribution < 1.29 is 5.11 Å². The van der Waals surface area contributed by atoms with Crippen molar-refractivity contribution in [3.8, 4) is 0 Å². The average Bonchev–Trinajstić information content (AvgIpc) is 2.53. The predicted molar refractivity (Wildman–Crippen MR) is 59.8 cm³/mol. The van der Waals surface area contributed by atoms with Gasteiger partial charge >= 0.3 is 0 Å². The minimum Gasteiger partial charge on any atom is -0.392 e. The number of nitrogens with one attached hydrogen (secondary N) is 1. The zero-order valence-electron chi connectivity index (χ0n) is 8.23. The molecule has 2 N–H and O–H groups in total. The highest BCUT2D eigenvalue weighted by Crippen LogP contribution is 2.23. The van der Waals surface area contributed by atoms with Crippen LogP contribution in [0.3, 0.4) is 0 Å². The van der Waals surface area contributed by atoms with E-state index in [4.69, 9.17) is 0 Å². The normalized spacial score (nSPS) is 25.9. The molecule has 1 fully saturated rings. The van der Waals surface area contributed by atoms with Crippen LogP contribution in [0, 0.1) is 6.92 Å². The minimum absolute atomic E-state index is 0. The second-order valence-corrected chi connectivity index (χ2v) is 3.76. The van der Waals surface area contributed by atoms with Crippen LogP contribution >= 0.6 is 12.4 Å². The number of β-amino-alcohol motifs (C(OH)–C–C–N with tert-alkyl or cyclic N) is 1. The standard InChI is InChI=1S/C11H15NO.ClH/c1-8-2-4-9(5-3-8)11-6-10(13)7-12-11;/h2-5,10-13H,6-7H2,1H3;1H. The van der Waals surface area contributed by atoms with Crippen LogP contribution in [0.1, 0.15) is 23.6 Å². The topological polar surface area (TPSA) is 32.3 Å². The van der Waals surface area contributed by atoms with Gasteiger partial charge in [0.2, 0.25) is 0 Å². The van der Waals surface area contributed by atoms with Gasteiger partial charge in [0.05, 0.1) is 6.10 Å². The van der Waals surface area contributed by atoms with Crippen molar-refractivity contribution in [3.05, 3.63) is 35.4 Å². The first-order chi connectivity index (χ1) is 6.25. The van der Waals surface area contributed by atoms with E-state index >= 15 is 0 Å². The second-order valence-electron chi connectivity index (χ2n) is 3.76. The summed E-state index contributed by atoms with van der Waals surface area (Å²) in [6.45, 7) is 2.80. The molecule has 0 amide bonds. The lowest BCUT2D eigenvalue weighted by atomic mass is 10.0. The number of benzene rings is 1. The summed E-state index contributed by atoms with van der Waals surface area (Å²) in [6.07, 6.45) is 0.662. The predicted octanol–water partition coefficient (Wildman–Crippen LogP) is 1.81. The van der Waals surface area contributed by atoms with Gasteiger partial charge in [-0.05, 0) is 18.9 Å². The zero-order chi connectivity index (χ0) is 9.26. The summed E-state index contributed by atoms with van der Waals surface area (Å²) in [6, 6.07) is 8.83. The van der Waals surface area contributed by atoms with Crippen LogP contribution in [-0.2, 0) is 0 Å². The van der Waals surface area contributed by atoms with Crippen LogP contribution in [0.25, 0.3) is 0 Å².